The van der Waals surface area contributed by atoms with Gasteiger partial charge in [-0.25, -0.2) is 0 Å². The highest BCUT2D eigenvalue weighted by Crippen LogP contribution is 2.48. The summed E-state index contributed by atoms with van der Waals surface area (Å²) in [4.78, 5) is 17.3. The summed E-state index contributed by atoms with van der Waals surface area (Å²) < 4.78 is 11.6. The van der Waals surface area contributed by atoms with Crippen molar-refractivity contribution >= 4 is 5.91 Å². The molecule has 2 aliphatic rings. The highest BCUT2D eigenvalue weighted by molar-refractivity contribution is 5.91. The number of benzene rings is 1. The van der Waals surface area contributed by atoms with Crippen molar-refractivity contribution in [3.63, 3.8) is 0 Å². The Kier molecular flexibility index (Phi) is 4.64. The summed E-state index contributed by atoms with van der Waals surface area (Å²) in [7, 11) is 0. The normalized spacial score (nSPS) is 23.9. The van der Waals surface area contributed by atoms with Gasteiger partial charge in [0.25, 0.3) is 0 Å². The molecular formula is C21H24N2O3. The number of carbonyl (C=O) groups excluding carboxylic acids is 1. The molecule has 1 aliphatic heterocycles. The molecule has 1 saturated carbocycles. The Labute approximate surface area is 153 Å². The fraction of sp³-hybridized carbons (Fsp3) is 0.429. The first-order valence-corrected chi connectivity index (χ1v) is 9.21. The molecule has 0 bridgehead atoms. The standard InChI is InChI=1S/C21H24N2O3/c1-15-7-8-17(13-22-15)26-19-14-25-12-9-18(19)23-20(24)21(10-11-21)16-5-3-2-4-6-16/h2-8,13,18-19H,9-12,14H2,1H3,(H,23,24)/t18-,19+/m1/s1. The molecule has 2 fully saturated rings. The molecule has 0 unspecified atom stereocenters. The van der Waals surface area contributed by atoms with Crippen LogP contribution in [0.3, 0.4) is 0 Å². The minimum absolute atomic E-state index is 0.0567. The Bertz CT molecular complexity index is 757. The number of pyridine rings is 1. The van der Waals surface area contributed by atoms with Crippen LogP contribution in [0.5, 0.6) is 5.75 Å². The molecule has 0 spiro atoms. The van der Waals surface area contributed by atoms with Gasteiger partial charge in [0.15, 0.2) is 0 Å². The van der Waals surface area contributed by atoms with Crippen LogP contribution in [-0.4, -0.2) is 36.3 Å². The van der Waals surface area contributed by atoms with Crippen molar-refractivity contribution in [2.45, 2.75) is 43.7 Å². The van der Waals surface area contributed by atoms with E-state index >= 15 is 0 Å². The summed E-state index contributed by atoms with van der Waals surface area (Å²) in [5.41, 5.74) is 1.68. The largest absolute Gasteiger partial charge is 0.484 e. The first-order valence-electron chi connectivity index (χ1n) is 9.21. The van der Waals surface area contributed by atoms with E-state index in [1.54, 1.807) is 6.20 Å². The molecule has 5 heteroatoms. The van der Waals surface area contributed by atoms with Crippen LogP contribution in [0.15, 0.2) is 48.7 Å². The molecule has 2 aromatic rings. The van der Waals surface area contributed by atoms with Crippen LogP contribution in [0.4, 0.5) is 0 Å². The van der Waals surface area contributed by atoms with Crippen LogP contribution in [0.25, 0.3) is 0 Å². The SMILES string of the molecule is Cc1ccc(O[C@H]2COCC[C@H]2NC(=O)C2(c3ccccc3)CC2)cn1. The van der Waals surface area contributed by atoms with E-state index in [9.17, 15) is 4.79 Å². The lowest BCUT2D eigenvalue weighted by Crippen LogP contribution is -2.53. The molecule has 26 heavy (non-hydrogen) atoms. The predicted octanol–water partition coefficient (Wildman–Crippen LogP) is 2.77. The fourth-order valence-corrected chi connectivity index (χ4v) is 3.53. The van der Waals surface area contributed by atoms with E-state index in [0.29, 0.717) is 19.0 Å². The van der Waals surface area contributed by atoms with E-state index in [1.165, 1.54) is 0 Å². The molecule has 1 N–H and O–H groups in total. The number of aromatic nitrogens is 1. The number of aryl methyl sites for hydroxylation is 1. The van der Waals surface area contributed by atoms with Crippen LogP contribution in [0.2, 0.25) is 0 Å². The topological polar surface area (TPSA) is 60.5 Å². The van der Waals surface area contributed by atoms with Crippen molar-refractivity contribution in [1.29, 1.82) is 0 Å². The van der Waals surface area contributed by atoms with Gasteiger partial charge >= 0.3 is 0 Å². The number of nitrogens with one attached hydrogen (secondary N) is 1. The second-order valence-electron chi connectivity index (χ2n) is 7.18. The minimum Gasteiger partial charge on any atom is -0.484 e. The number of nitrogens with zero attached hydrogens (tertiary/aromatic N) is 1. The van der Waals surface area contributed by atoms with Gasteiger partial charge in [-0.1, -0.05) is 30.3 Å². The molecule has 1 aromatic heterocycles. The highest BCUT2D eigenvalue weighted by atomic mass is 16.5. The molecule has 1 aliphatic carbocycles. The maximum Gasteiger partial charge on any atom is 0.231 e. The number of hydrogen-bond acceptors (Lipinski definition) is 4. The molecule has 0 radical (unpaired) electrons. The second kappa shape index (κ2) is 7.08. The minimum atomic E-state index is -0.366. The van der Waals surface area contributed by atoms with Gasteiger partial charge in [0.05, 0.1) is 24.3 Å². The Morgan fingerprint density at radius 1 is 1.23 bits per heavy atom. The van der Waals surface area contributed by atoms with Gasteiger partial charge in [0.1, 0.15) is 11.9 Å². The number of rotatable bonds is 5. The molecule has 1 saturated heterocycles. The average Bonchev–Trinajstić information content (AvgIpc) is 3.48. The molecule has 4 rings (SSSR count). The van der Waals surface area contributed by atoms with Crippen LogP contribution in [-0.2, 0) is 14.9 Å². The maximum absolute atomic E-state index is 13.0. The van der Waals surface area contributed by atoms with Gasteiger partial charge in [0, 0.05) is 12.3 Å². The van der Waals surface area contributed by atoms with E-state index in [0.717, 1.165) is 30.5 Å². The van der Waals surface area contributed by atoms with Crippen molar-refractivity contribution in [2.24, 2.45) is 0 Å². The summed E-state index contributed by atoms with van der Waals surface area (Å²) in [6.07, 6.45) is 4.07. The van der Waals surface area contributed by atoms with Crippen molar-refractivity contribution in [2.75, 3.05) is 13.2 Å². The molecular weight excluding hydrogens is 328 g/mol. The van der Waals surface area contributed by atoms with E-state index in [1.807, 2.05) is 49.4 Å². The molecule has 2 atom stereocenters. The lowest BCUT2D eigenvalue weighted by molar-refractivity contribution is -0.126. The summed E-state index contributed by atoms with van der Waals surface area (Å²) in [5, 5.41) is 3.24. The molecule has 1 amide bonds. The molecule has 5 nitrogen and oxygen atoms in total. The van der Waals surface area contributed by atoms with Crippen LogP contribution in [0.1, 0.15) is 30.5 Å². The van der Waals surface area contributed by atoms with Gasteiger partial charge < -0.3 is 14.8 Å². The van der Waals surface area contributed by atoms with Gasteiger partial charge in [-0.3, -0.25) is 9.78 Å². The lowest BCUT2D eigenvalue weighted by Gasteiger charge is -2.33. The smallest absolute Gasteiger partial charge is 0.231 e. The van der Waals surface area contributed by atoms with E-state index in [2.05, 4.69) is 10.3 Å². The van der Waals surface area contributed by atoms with Gasteiger partial charge in [-0.15, -0.1) is 0 Å². The highest BCUT2D eigenvalue weighted by Gasteiger charge is 2.52. The zero-order valence-corrected chi connectivity index (χ0v) is 15.0. The third-order valence-corrected chi connectivity index (χ3v) is 5.30. The Balaban J connectivity index is 1.45. The number of hydrogen-bond donors (Lipinski definition) is 1. The van der Waals surface area contributed by atoms with E-state index in [4.69, 9.17) is 9.47 Å². The molecule has 1 aromatic carbocycles. The number of ether oxygens (including phenoxy) is 2. The molecule has 2 heterocycles. The summed E-state index contributed by atoms with van der Waals surface area (Å²) in [6, 6.07) is 13.8. The quantitative estimate of drug-likeness (QED) is 0.899. The van der Waals surface area contributed by atoms with Gasteiger partial charge in [-0.2, -0.15) is 0 Å². The zero-order chi connectivity index (χ0) is 18.0. The Hall–Kier alpha value is -2.40. The van der Waals surface area contributed by atoms with E-state index in [-0.39, 0.29) is 23.5 Å². The van der Waals surface area contributed by atoms with Gasteiger partial charge in [-0.05, 0) is 43.9 Å². The summed E-state index contributed by atoms with van der Waals surface area (Å²) in [6.45, 7) is 3.04. The lowest BCUT2D eigenvalue weighted by atomic mass is 9.94. The van der Waals surface area contributed by atoms with Crippen LogP contribution in [0, 0.1) is 6.92 Å². The second-order valence-corrected chi connectivity index (χ2v) is 7.18. The Morgan fingerprint density at radius 2 is 2.04 bits per heavy atom. The summed E-state index contributed by atoms with van der Waals surface area (Å²) in [5.74, 6) is 0.806. The monoisotopic (exact) mass is 352 g/mol. The zero-order valence-electron chi connectivity index (χ0n) is 15.0. The van der Waals surface area contributed by atoms with E-state index < -0.39 is 0 Å². The van der Waals surface area contributed by atoms with Gasteiger partial charge in [0.2, 0.25) is 5.91 Å². The maximum atomic E-state index is 13.0. The summed E-state index contributed by atoms with van der Waals surface area (Å²) >= 11 is 0. The first-order chi connectivity index (χ1) is 12.7. The third-order valence-electron chi connectivity index (χ3n) is 5.30. The number of carbonyl (C=O) groups is 1. The van der Waals surface area contributed by atoms with Crippen molar-refractivity contribution in [3.8, 4) is 5.75 Å². The van der Waals surface area contributed by atoms with Crippen LogP contribution < -0.4 is 10.1 Å². The third kappa shape index (κ3) is 3.44. The van der Waals surface area contributed by atoms with Crippen molar-refractivity contribution in [3.05, 3.63) is 59.9 Å². The fourth-order valence-electron chi connectivity index (χ4n) is 3.53. The Morgan fingerprint density at radius 3 is 2.73 bits per heavy atom. The van der Waals surface area contributed by atoms with Crippen molar-refractivity contribution in [1.82, 2.24) is 10.3 Å². The molecule has 136 valence electrons. The number of amides is 1. The van der Waals surface area contributed by atoms with Crippen LogP contribution >= 0.6 is 0 Å². The average molecular weight is 352 g/mol. The first kappa shape index (κ1) is 17.0. The van der Waals surface area contributed by atoms with Crippen molar-refractivity contribution < 1.29 is 14.3 Å². The predicted molar refractivity (Wildman–Crippen MR) is 98.1 cm³/mol.